The van der Waals surface area contributed by atoms with E-state index in [1.165, 1.54) is 22.9 Å². The maximum atomic E-state index is 13.5. The number of amides is 1. The van der Waals surface area contributed by atoms with Crippen LogP contribution in [0.4, 0.5) is 5.69 Å². The molecule has 0 spiro atoms. The number of anilines is 1. The van der Waals surface area contributed by atoms with Crippen LogP contribution >= 0.6 is 35.0 Å². The summed E-state index contributed by atoms with van der Waals surface area (Å²) in [4.78, 5) is 16.5. The Kier molecular flexibility index (Phi) is 6.13. The molecule has 2 nitrogen and oxygen atoms in total. The van der Waals surface area contributed by atoms with E-state index in [4.69, 9.17) is 23.2 Å². The number of carbonyl (C=O) groups excluding carboxylic acids is 1. The second-order valence-electron chi connectivity index (χ2n) is 8.82. The Morgan fingerprint density at radius 2 is 1.48 bits per heavy atom. The first kappa shape index (κ1) is 22.3. The molecule has 3 aromatic carbocycles. The highest BCUT2D eigenvalue weighted by Gasteiger charge is 2.47. The van der Waals surface area contributed by atoms with Crippen LogP contribution in [0.2, 0.25) is 10.0 Å². The zero-order valence-corrected chi connectivity index (χ0v) is 20.2. The number of halogens is 2. The van der Waals surface area contributed by atoms with Crippen LogP contribution in [0, 0.1) is 0 Å². The molecule has 0 aromatic heterocycles. The molecule has 1 amide bonds. The number of hydrogen-bond acceptors (Lipinski definition) is 2. The molecule has 0 bridgehead atoms. The van der Waals surface area contributed by atoms with E-state index in [1.807, 2.05) is 47.4 Å². The van der Waals surface area contributed by atoms with Gasteiger partial charge in [-0.3, -0.25) is 4.79 Å². The number of benzene rings is 3. The maximum Gasteiger partial charge on any atom is 0.237 e. The van der Waals surface area contributed by atoms with Crippen molar-refractivity contribution >= 4 is 46.6 Å². The van der Waals surface area contributed by atoms with Gasteiger partial charge in [0.1, 0.15) is 0 Å². The summed E-state index contributed by atoms with van der Waals surface area (Å²) in [6.07, 6.45) is 0.815. The molecule has 0 radical (unpaired) electrons. The normalized spacial score (nSPS) is 19.7. The lowest BCUT2D eigenvalue weighted by Crippen LogP contribution is -2.56. The average Bonchev–Trinajstić information content (AvgIpc) is 2.73. The van der Waals surface area contributed by atoms with Gasteiger partial charge in [0.25, 0.3) is 0 Å². The molecule has 31 heavy (non-hydrogen) atoms. The van der Waals surface area contributed by atoms with Crippen molar-refractivity contribution in [1.82, 2.24) is 0 Å². The van der Waals surface area contributed by atoms with Gasteiger partial charge in [-0.25, -0.2) is 0 Å². The molecule has 1 aliphatic heterocycles. The molecule has 0 aliphatic carbocycles. The Balaban J connectivity index is 1.69. The van der Waals surface area contributed by atoms with E-state index in [1.54, 1.807) is 0 Å². The number of thioether (sulfide) groups is 1. The van der Waals surface area contributed by atoms with Crippen LogP contribution in [-0.4, -0.2) is 17.2 Å². The Labute approximate surface area is 198 Å². The van der Waals surface area contributed by atoms with Crippen molar-refractivity contribution in [3.63, 3.8) is 0 Å². The third-order valence-corrected chi connectivity index (χ3v) is 7.54. The number of carbonyl (C=O) groups is 1. The number of para-hydroxylation sites is 1. The minimum atomic E-state index is -0.347. The highest BCUT2D eigenvalue weighted by Crippen LogP contribution is 2.50. The van der Waals surface area contributed by atoms with Gasteiger partial charge < -0.3 is 4.90 Å². The van der Waals surface area contributed by atoms with E-state index in [2.05, 4.69) is 51.1 Å². The largest absolute Gasteiger partial charge is 0.306 e. The fraction of sp³-hybridized carbons (Fsp3) is 0.269. The highest BCUT2D eigenvalue weighted by molar-refractivity contribution is 8.00. The third kappa shape index (κ3) is 4.37. The van der Waals surface area contributed by atoms with Crippen molar-refractivity contribution in [2.75, 3.05) is 10.7 Å². The molecule has 4 rings (SSSR count). The quantitative estimate of drug-likeness (QED) is 0.366. The smallest absolute Gasteiger partial charge is 0.237 e. The van der Waals surface area contributed by atoms with E-state index < -0.39 is 0 Å². The molecule has 3 aromatic rings. The topological polar surface area (TPSA) is 20.3 Å². The highest BCUT2D eigenvalue weighted by atomic mass is 35.5. The average molecular weight is 470 g/mol. The summed E-state index contributed by atoms with van der Waals surface area (Å²) >= 11 is 13.7. The van der Waals surface area contributed by atoms with Crippen molar-refractivity contribution < 1.29 is 4.79 Å². The zero-order valence-electron chi connectivity index (χ0n) is 17.9. The Hall–Kier alpha value is -1.94. The van der Waals surface area contributed by atoms with Gasteiger partial charge in [-0.1, -0.05) is 60.5 Å². The third-order valence-electron chi connectivity index (χ3n) is 6.04. The molecule has 1 aliphatic rings. The Morgan fingerprint density at radius 3 is 2.13 bits per heavy atom. The first-order valence-corrected chi connectivity index (χ1v) is 12.0. The fourth-order valence-electron chi connectivity index (χ4n) is 4.79. The number of nitrogens with zero attached hydrogens (tertiary/aromatic N) is 1. The van der Waals surface area contributed by atoms with Gasteiger partial charge in [-0.15, -0.1) is 11.8 Å². The number of rotatable bonds is 4. The van der Waals surface area contributed by atoms with E-state index in [9.17, 15) is 4.79 Å². The summed E-state index contributed by atoms with van der Waals surface area (Å²) < 4.78 is 0. The molecule has 5 heteroatoms. The molecule has 0 unspecified atom stereocenters. The van der Waals surface area contributed by atoms with Crippen LogP contribution in [0.3, 0.4) is 0 Å². The van der Waals surface area contributed by atoms with E-state index in [0.717, 1.165) is 22.0 Å². The fourth-order valence-corrected chi connectivity index (χ4v) is 5.79. The number of hydrogen-bond donors (Lipinski definition) is 0. The molecular weight excluding hydrogens is 445 g/mol. The lowest BCUT2D eigenvalue weighted by molar-refractivity contribution is -0.117. The predicted octanol–water partition coefficient (Wildman–Crippen LogP) is 7.61. The first-order valence-electron chi connectivity index (χ1n) is 10.3. The van der Waals surface area contributed by atoms with Gasteiger partial charge >= 0.3 is 0 Å². The van der Waals surface area contributed by atoms with Crippen molar-refractivity contribution in [3.05, 3.63) is 94.0 Å². The van der Waals surface area contributed by atoms with Crippen molar-refractivity contribution in [2.24, 2.45) is 0 Å². The molecule has 0 fully saturated rings. The summed E-state index contributed by atoms with van der Waals surface area (Å²) in [5.41, 5.74) is 2.80. The summed E-state index contributed by atoms with van der Waals surface area (Å²) in [6.45, 7) is 6.57. The zero-order chi connectivity index (χ0) is 22.2. The summed E-state index contributed by atoms with van der Waals surface area (Å²) in [7, 11) is 0. The molecule has 0 saturated heterocycles. The van der Waals surface area contributed by atoms with Crippen LogP contribution in [0.1, 0.15) is 38.3 Å². The van der Waals surface area contributed by atoms with E-state index >= 15 is 0 Å². The van der Waals surface area contributed by atoms with Crippen LogP contribution in [0.15, 0.2) is 77.7 Å². The minimum Gasteiger partial charge on any atom is -0.306 e. The second kappa shape index (κ2) is 8.54. The van der Waals surface area contributed by atoms with Crippen molar-refractivity contribution in [3.8, 4) is 0 Å². The summed E-state index contributed by atoms with van der Waals surface area (Å²) in [5.74, 6) is 0.479. The van der Waals surface area contributed by atoms with Gasteiger partial charge in [-0.2, -0.15) is 0 Å². The van der Waals surface area contributed by atoms with Crippen LogP contribution in [-0.2, 0) is 10.2 Å². The SMILES string of the molecule is CC1(C)C[C@@](C)(c2ccc(Cl)cc2)c2ccccc2N1C(=O)CSc1ccc(Cl)cc1. The standard InChI is InChI=1S/C26H25Cl2NOS/c1-25(2)17-26(3,18-8-10-19(27)11-9-18)22-6-4-5-7-23(22)29(25)24(30)16-31-21-14-12-20(28)13-15-21/h4-15H,16-17H2,1-3H3/t26-/m0/s1. The maximum absolute atomic E-state index is 13.5. The molecule has 160 valence electrons. The molecule has 1 atom stereocenters. The van der Waals surface area contributed by atoms with Gasteiger partial charge in [0, 0.05) is 31.6 Å². The summed E-state index contributed by atoms with van der Waals surface area (Å²) in [6, 6.07) is 24.0. The van der Waals surface area contributed by atoms with Gasteiger partial charge in [-0.05, 0) is 73.9 Å². The lowest BCUT2D eigenvalue weighted by Gasteiger charge is -2.51. The summed E-state index contributed by atoms with van der Waals surface area (Å²) in [5, 5.41) is 1.43. The minimum absolute atomic E-state index is 0.107. The molecule has 0 N–H and O–H groups in total. The van der Waals surface area contributed by atoms with Gasteiger partial charge in [0.15, 0.2) is 0 Å². The van der Waals surface area contributed by atoms with Crippen molar-refractivity contribution in [1.29, 1.82) is 0 Å². The predicted molar refractivity (Wildman–Crippen MR) is 133 cm³/mol. The molecular formula is C26H25Cl2NOS. The molecule has 0 saturated carbocycles. The number of fused-ring (bicyclic) bond motifs is 1. The van der Waals surface area contributed by atoms with E-state index in [0.29, 0.717) is 10.8 Å². The monoisotopic (exact) mass is 469 g/mol. The second-order valence-corrected chi connectivity index (χ2v) is 10.7. The first-order chi connectivity index (χ1) is 14.7. The lowest BCUT2D eigenvalue weighted by atomic mass is 9.65. The van der Waals surface area contributed by atoms with Crippen LogP contribution in [0.5, 0.6) is 0 Å². The Bertz CT molecular complexity index is 1100. The van der Waals surface area contributed by atoms with Crippen molar-refractivity contribution in [2.45, 2.75) is 43.0 Å². The Morgan fingerprint density at radius 1 is 0.903 bits per heavy atom. The van der Waals surface area contributed by atoms with E-state index in [-0.39, 0.29) is 16.9 Å². The van der Waals surface area contributed by atoms with Crippen LogP contribution < -0.4 is 4.90 Å². The van der Waals surface area contributed by atoms with Gasteiger partial charge in [0.05, 0.1) is 5.75 Å². The van der Waals surface area contributed by atoms with Gasteiger partial charge in [0.2, 0.25) is 5.91 Å². The van der Waals surface area contributed by atoms with Crippen LogP contribution in [0.25, 0.3) is 0 Å². The molecule has 1 heterocycles.